The number of hydrogen-bond acceptors (Lipinski definition) is 0. The highest BCUT2D eigenvalue weighted by atomic mass is 35.5. The van der Waals surface area contributed by atoms with Crippen molar-refractivity contribution in [3.63, 3.8) is 0 Å². The normalized spacial score (nSPS) is 11.0. The average Bonchev–Trinajstić information content (AvgIpc) is 2.57. The Labute approximate surface area is 150 Å². The van der Waals surface area contributed by atoms with Crippen LogP contribution in [0.5, 0.6) is 0 Å². The molecule has 0 N–H and O–H groups in total. The van der Waals surface area contributed by atoms with E-state index in [9.17, 15) is 0 Å². The Morgan fingerprint density at radius 3 is 1.39 bits per heavy atom. The summed E-state index contributed by atoms with van der Waals surface area (Å²) in [6.45, 7) is 2.29. The Morgan fingerprint density at radius 2 is 0.957 bits per heavy atom. The molecule has 0 saturated heterocycles. The minimum Gasteiger partial charge on any atom is -0.0843 e. The van der Waals surface area contributed by atoms with Crippen molar-refractivity contribution in [3.05, 3.63) is 34.9 Å². The molecule has 0 aliphatic carbocycles. The molecule has 23 heavy (non-hydrogen) atoms. The summed E-state index contributed by atoms with van der Waals surface area (Å²) >= 11 is 5.90. The predicted octanol–water partition coefficient (Wildman–Crippen LogP) is 8.36. The molecule has 1 heteroatoms. The number of halogens is 1. The van der Waals surface area contributed by atoms with Gasteiger partial charge in [0.2, 0.25) is 0 Å². The topological polar surface area (TPSA) is 0 Å². The van der Waals surface area contributed by atoms with Gasteiger partial charge >= 0.3 is 0 Å². The van der Waals surface area contributed by atoms with Crippen LogP contribution in [0, 0.1) is 0 Å². The van der Waals surface area contributed by atoms with Crippen molar-refractivity contribution in [2.75, 3.05) is 0 Å². The number of rotatable bonds is 15. The molecule has 1 aromatic carbocycles. The van der Waals surface area contributed by atoms with Gasteiger partial charge in [0.05, 0.1) is 0 Å². The minimum absolute atomic E-state index is 0.842. The Balaban J connectivity index is 1.77. The van der Waals surface area contributed by atoms with E-state index in [2.05, 4.69) is 19.1 Å². The molecule has 0 spiro atoms. The van der Waals surface area contributed by atoms with Crippen molar-refractivity contribution in [2.24, 2.45) is 0 Å². The molecule has 0 radical (unpaired) electrons. The smallest absolute Gasteiger partial charge is 0.0406 e. The molecular formula is C22H37Cl. The maximum absolute atomic E-state index is 5.90. The van der Waals surface area contributed by atoms with Gasteiger partial charge in [0.25, 0.3) is 0 Å². The van der Waals surface area contributed by atoms with E-state index in [0.29, 0.717) is 0 Å². The van der Waals surface area contributed by atoms with Gasteiger partial charge in [-0.3, -0.25) is 0 Å². The van der Waals surface area contributed by atoms with E-state index in [1.54, 1.807) is 0 Å². The first-order chi connectivity index (χ1) is 11.3. The maximum atomic E-state index is 5.90. The van der Waals surface area contributed by atoms with Crippen molar-refractivity contribution in [1.29, 1.82) is 0 Å². The Hall–Kier alpha value is -0.490. The molecule has 0 atom stereocenters. The zero-order valence-electron chi connectivity index (χ0n) is 15.3. The number of unbranched alkanes of at least 4 members (excludes halogenated alkanes) is 13. The third kappa shape index (κ3) is 12.6. The highest BCUT2D eigenvalue weighted by molar-refractivity contribution is 6.30. The van der Waals surface area contributed by atoms with E-state index < -0.39 is 0 Å². The summed E-state index contributed by atoms with van der Waals surface area (Å²) in [5, 5.41) is 0.842. The van der Waals surface area contributed by atoms with Crippen LogP contribution in [0.2, 0.25) is 5.02 Å². The van der Waals surface area contributed by atoms with Crippen LogP contribution in [-0.4, -0.2) is 0 Å². The summed E-state index contributed by atoms with van der Waals surface area (Å²) in [6.07, 6.45) is 21.2. The average molecular weight is 337 g/mol. The van der Waals surface area contributed by atoms with Crippen LogP contribution >= 0.6 is 11.6 Å². The van der Waals surface area contributed by atoms with Crippen LogP contribution in [0.3, 0.4) is 0 Å². The summed E-state index contributed by atoms with van der Waals surface area (Å²) in [7, 11) is 0. The van der Waals surface area contributed by atoms with Gasteiger partial charge in [0.15, 0.2) is 0 Å². The first kappa shape index (κ1) is 20.6. The second kappa shape index (κ2) is 15.1. The van der Waals surface area contributed by atoms with Crippen LogP contribution in [0.15, 0.2) is 24.3 Å². The molecule has 132 valence electrons. The first-order valence-electron chi connectivity index (χ1n) is 10.1. The number of aryl methyl sites for hydroxylation is 1. The van der Waals surface area contributed by atoms with Gasteiger partial charge in [-0.1, -0.05) is 114 Å². The molecule has 1 rings (SSSR count). The fourth-order valence-electron chi connectivity index (χ4n) is 3.17. The third-order valence-corrected chi connectivity index (χ3v) is 4.98. The summed E-state index contributed by atoms with van der Waals surface area (Å²) in [5.41, 5.74) is 1.42. The lowest BCUT2D eigenvalue weighted by Crippen LogP contribution is -1.86. The molecular weight excluding hydrogens is 300 g/mol. The lowest BCUT2D eigenvalue weighted by molar-refractivity contribution is 0.535. The molecule has 0 heterocycles. The molecule has 0 aliphatic rings. The van der Waals surface area contributed by atoms with E-state index in [1.807, 2.05) is 12.1 Å². The third-order valence-electron chi connectivity index (χ3n) is 4.73. The van der Waals surface area contributed by atoms with Gasteiger partial charge < -0.3 is 0 Å². The van der Waals surface area contributed by atoms with Gasteiger partial charge in [0.1, 0.15) is 0 Å². The largest absolute Gasteiger partial charge is 0.0843 e. The van der Waals surface area contributed by atoms with E-state index in [4.69, 9.17) is 11.6 Å². The standard InChI is InChI=1S/C22H37Cl/c1-2-3-4-5-6-7-8-9-10-11-12-13-14-15-16-21-17-19-22(23)20-18-21/h17-20H,2-16H2,1H3. The van der Waals surface area contributed by atoms with Crippen molar-refractivity contribution < 1.29 is 0 Å². The lowest BCUT2D eigenvalue weighted by Gasteiger charge is -2.04. The molecule has 0 aromatic heterocycles. The lowest BCUT2D eigenvalue weighted by atomic mass is 10.0. The number of benzene rings is 1. The second-order valence-electron chi connectivity index (χ2n) is 6.97. The summed E-state index contributed by atoms with van der Waals surface area (Å²) in [5.74, 6) is 0. The minimum atomic E-state index is 0.842. The van der Waals surface area contributed by atoms with Crippen LogP contribution < -0.4 is 0 Å². The zero-order valence-corrected chi connectivity index (χ0v) is 16.0. The van der Waals surface area contributed by atoms with Crippen LogP contribution in [0.25, 0.3) is 0 Å². The van der Waals surface area contributed by atoms with Gasteiger partial charge in [-0.05, 0) is 30.5 Å². The SMILES string of the molecule is CCCCCCCCCCCCCCCCc1ccc(Cl)cc1. The second-order valence-corrected chi connectivity index (χ2v) is 7.41. The van der Waals surface area contributed by atoms with Crippen LogP contribution in [0.1, 0.15) is 102 Å². The fraction of sp³-hybridized carbons (Fsp3) is 0.727. The molecule has 0 amide bonds. The highest BCUT2D eigenvalue weighted by Gasteiger charge is 1.96. The van der Waals surface area contributed by atoms with Crippen molar-refractivity contribution >= 4 is 11.6 Å². The summed E-state index contributed by atoms with van der Waals surface area (Å²) < 4.78 is 0. The summed E-state index contributed by atoms with van der Waals surface area (Å²) in [6, 6.07) is 8.32. The highest BCUT2D eigenvalue weighted by Crippen LogP contribution is 2.15. The van der Waals surface area contributed by atoms with Crippen molar-refractivity contribution in [3.8, 4) is 0 Å². The molecule has 0 bridgehead atoms. The monoisotopic (exact) mass is 336 g/mol. The Kier molecular flexibility index (Phi) is 13.5. The van der Waals surface area contributed by atoms with Gasteiger partial charge in [0, 0.05) is 5.02 Å². The van der Waals surface area contributed by atoms with Crippen molar-refractivity contribution in [2.45, 2.75) is 103 Å². The molecule has 0 nitrogen and oxygen atoms in total. The van der Waals surface area contributed by atoms with Gasteiger partial charge in [-0.15, -0.1) is 0 Å². The van der Waals surface area contributed by atoms with Crippen molar-refractivity contribution in [1.82, 2.24) is 0 Å². The number of hydrogen-bond donors (Lipinski definition) is 0. The van der Waals surface area contributed by atoms with E-state index in [0.717, 1.165) is 5.02 Å². The molecule has 0 saturated carbocycles. The van der Waals surface area contributed by atoms with Gasteiger partial charge in [-0.25, -0.2) is 0 Å². The quantitative estimate of drug-likeness (QED) is 0.282. The summed E-state index contributed by atoms with van der Waals surface area (Å²) in [4.78, 5) is 0. The molecule has 0 fully saturated rings. The maximum Gasteiger partial charge on any atom is 0.0406 e. The Morgan fingerprint density at radius 1 is 0.565 bits per heavy atom. The van der Waals surface area contributed by atoms with E-state index >= 15 is 0 Å². The van der Waals surface area contributed by atoms with Crippen LogP contribution in [-0.2, 0) is 6.42 Å². The van der Waals surface area contributed by atoms with E-state index in [-0.39, 0.29) is 0 Å². The molecule has 0 aliphatic heterocycles. The fourth-order valence-corrected chi connectivity index (χ4v) is 3.30. The molecule has 0 unspecified atom stereocenters. The molecule has 1 aromatic rings. The Bertz CT molecular complexity index is 355. The van der Waals surface area contributed by atoms with Crippen LogP contribution in [0.4, 0.5) is 0 Å². The first-order valence-corrected chi connectivity index (χ1v) is 10.4. The van der Waals surface area contributed by atoms with Gasteiger partial charge in [-0.2, -0.15) is 0 Å². The predicted molar refractivity (Wildman–Crippen MR) is 105 cm³/mol. The van der Waals surface area contributed by atoms with E-state index in [1.165, 1.54) is 102 Å². The zero-order chi connectivity index (χ0) is 16.6.